The van der Waals surface area contributed by atoms with Gasteiger partial charge in [-0.05, 0) is 76.5 Å². The number of allylic oxidation sites excluding steroid dienone is 8. The predicted molar refractivity (Wildman–Crippen MR) is 244 cm³/mol. The first-order valence-electron chi connectivity index (χ1n) is 23.5. The number of carbonyl (C=O) groups excluding carboxylic acids is 2. The maximum Gasteiger partial charge on any atom is 0.472 e. The van der Waals surface area contributed by atoms with Gasteiger partial charge in [-0.3, -0.25) is 18.6 Å². The first-order valence-corrected chi connectivity index (χ1v) is 25.0. The molecular weight excluding hydrogens is 815 g/mol. The Morgan fingerprint density at radius 1 is 0.677 bits per heavy atom. The summed E-state index contributed by atoms with van der Waals surface area (Å²) in [7, 11) is -4.69. The van der Waals surface area contributed by atoms with Crippen LogP contribution in [0.2, 0.25) is 0 Å². The third-order valence-corrected chi connectivity index (χ3v) is 11.7. The largest absolute Gasteiger partial charge is 0.472 e. The Balaban J connectivity index is 2.44. The summed E-state index contributed by atoms with van der Waals surface area (Å²) in [5.41, 5.74) is 0. The van der Waals surface area contributed by atoms with Crippen molar-refractivity contribution in [2.75, 3.05) is 26.4 Å². The van der Waals surface area contributed by atoms with Gasteiger partial charge in [-0.2, -0.15) is 0 Å². The molecule has 1 saturated carbocycles. The lowest BCUT2D eigenvalue weighted by Gasteiger charge is -2.21. The monoisotopic (exact) mass is 899 g/mol. The van der Waals surface area contributed by atoms with Crippen LogP contribution in [0.3, 0.4) is 0 Å². The van der Waals surface area contributed by atoms with E-state index in [-0.39, 0.29) is 24.7 Å². The third-order valence-electron chi connectivity index (χ3n) is 10.7. The highest BCUT2D eigenvalue weighted by atomic mass is 31.2. The van der Waals surface area contributed by atoms with E-state index in [1.165, 1.54) is 19.3 Å². The average molecular weight is 899 g/mol. The molecule has 1 rings (SSSR count). The van der Waals surface area contributed by atoms with Crippen molar-refractivity contribution in [3.63, 3.8) is 0 Å². The van der Waals surface area contributed by atoms with Crippen LogP contribution >= 0.6 is 7.82 Å². The minimum absolute atomic E-state index is 0.0475. The molecule has 0 aromatic heterocycles. The lowest BCUT2D eigenvalue weighted by molar-refractivity contribution is -0.161. The third kappa shape index (κ3) is 31.4. The highest BCUT2D eigenvalue weighted by molar-refractivity contribution is 7.47. The van der Waals surface area contributed by atoms with Gasteiger partial charge in [0.05, 0.1) is 38.1 Å². The summed E-state index contributed by atoms with van der Waals surface area (Å²) in [4.78, 5) is 35.3. The van der Waals surface area contributed by atoms with Crippen molar-refractivity contribution in [2.45, 2.75) is 192 Å². The summed E-state index contributed by atoms with van der Waals surface area (Å²) in [6.07, 6.45) is 35.3. The molecule has 0 saturated heterocycles. The normalized spacial score (nSPS) is 20.8. The Hall–Kier alpha value is -2.45. The summed E-state index contributed by atoms with van der Waals surface area (Å²) >= 11 is 0. The van der Waals surface area contributed by atoms with Crippen molar-refractivity contribution in [3.05, 3.63) is 60.8 Å². The van der Waals surface area contributed by atoms with Crippen molar-refractivity contribution in [3.8, 4) is 0 Å². The maximum absolute atomic E-state index is 12.8. The van der Waals surface area contributed by atoms with Crippen molar-refractivity contribution < 1.29 is 63.1 Å². The zero-order valence-electron chi connectivity index (χ0n) is 37.9. The van der Waals surface area contributed by atoms with Crippen molar-refractivity contribution in [2.24, 2.45) is 11.8 Å². The van der Waals surface area contributed by atoms with E-state index >= 15 is 0 Å². The predicted octanol–water partition coefficient (Wildman–Crippen LogP) is 9.05. The van der Waals surface area contributed by atoms with Gasteiger partial charge < -0.3 is 39.9 Å². The Bertz CT molecular complexity index is 1330. The molecule has 0 aromatic carbocycles. The lowest BCUT2D eigenvalue weighted by atomic mass is 9.88. The molecule has 0 aliphatic heterocycles. The standard InChI is InChI=1S/C48H83O13P/c1-3-5-7-8-9-10-11-12-13-14-15-16-17-18-19-20-21-22-27-31-47(54)58-38-42(39-60-62(56,57)59-37-41(51)36-49)61-48(55)32-28-24-23-26-30-43-44(46(53)35-45(43)52)34-33-40(50)29-25-6-4-2/h9-10,12-13,15-16,18-19,33-34,40-46,49-53H,3-8,11,14,17,20-32,35-39H2,1-2H3,(H,56,57)/b10-9-,13-12-,16-15-,19-18-,34-33+/t40-,41-,42+,43+,44+,45-,46+/m0/s1. The zero-order valence-corrected chi connectivity index (χ0v) is 38.8. The average Bonchev–Trinajstić information content (AvgIpc) is 3.52. The minimum Gasteiger partial charge on any atom is -0.462 e. The molecule has 0 heterocycles. The van der Waals surface area contributed by atoms with Crippen LogP contribution < -0.4 is 0 Å². The fourth-order valence-electron chi connectivity index (χ4n) is 7.07. The number of aliphatic hydroxyl groups excluding tert-OH is 5. The molecule has 358 valence electrons. The number of aliphatic hydroxyl groups is 5. The van der Waals surface area contributed by atoms with Gasteiger partial charge in [0.2, 0.25) is 0 Å². The molecule has 14 heteroatoms. The van der Waals surface area contributed by atoms with Gasteiger partial charge in [-0.1, -0.05) is 132 Å². The first-order chi connectivity index (χ1) is 29.9. The molecule has 0 radical (unpaired) electrons. The fraction of sp³-hybridized carbons (Fsp3) is 0.750. The molecule has 1 fully saturated rings. The number of phosphoric acid groups is 1. The number of esters is 2. The molecule has 1 unspecified atom stereocenters. The van der Waals surface area contributed by atoms with Crippen LogP contribution in [0.4, 0.5) is 0 Å². The van der Waals surface area contributed by atoms with Crippen LogP contribution in [0.25, 0.3) is 0 Å². The second-order valence-corrected chi connectivity index (χ2v) is 17.8. The van der Waals surface area contributed by atoms with Gasteiger partial charge in [0.1, 0.15) is 12.7 Å². The van der Waals surface area contributed by atoms with Crippen LogP contribution in [-0.2, 0) is 32.7 Å². The molecule has 1 aliphatic rings. The Kier molecular flexibility index (Phi) is 35.2. The molecule has 0 bridgehead atoms. The van der Waals surface area contributed by atoms with Crippen LogP contribution in [0.15, 0.2) is 60.8 Å². The van der Waals surface area contributed by atoms with Crippen molar-refractivity contribution in [1.82, 2.24) is 0 Å². The molecule has 13 nitrogen and oxygen atoms in total. The minimum atomic E-state index is -4.69. The second kappa shape index (κ2) is 37.9. The number of hydrogen-bond acceptors (Lipinski definition) is 12. The molecule has 62 heavy (non-hydrogen) atoms. The van der Waals surface area contributed by atoms with E-state index in [0.29, 0.717) is 38.5 Å². The zero-order chi connectivity index (χ0) is 45.7. The van der Waals surface area contributed by atoms with Gasteiger partial charge in [0.25, 0.3) is 0 Å². The molecule has 6 N–H and O–H groups in total. The summed E-state index contributed by atoms with van der Waals surface area (Å²) in [6, 6.07) is 0. The molecule has 1 aliphatic carbocycles. The lowest BCUT2D eigenvalue weighted by Crippen LogP contribution is -2.29. The quantitative estimate of drug-likeness (QED) is 0.0147. The highest BCUT2D eigenvalue weighted by Crippen LogP contribution is 2.43. The first kappa shape index (κ1) is 57.6. The molecule has 8 atom stereocenters. The number of ether oxygens (including phenoxy) is 2. The van der Waals surface area contributed by atoms with E-state index in [1.807, 2.05) is 6.08 Å². The van der Waals surface area contributed by atoms with E-state index in [4.69, 9.17) is 19.1 Å². The number of rotatable bonds is 39. The molecule has 0 aromatic rings. The van der Waals surface area contributed by atoms with Gasteiger partial charge in [-0.15, -0.1) is 0 Å². The second-order valence-electron chi connectivity index (χ2n) is 16.4. The van der Waals surface area contributed by atoms with Gasteiger partial charge in [-0.25, -0.2) is 4.57 Å². The van der Waals surface area contributed by atoms with Gasteiger partial charge in [0.15, 0.2) is 6.10 Å². The van der Waals surface area contributed by atoms with Gasteiger partial charge in [0, 0.05) is 25.2 Å². The Labute approximate surface area is 373 Å². The van der Waals surface area contributed by atoms with Crippen LogP contribution in [-0.4, -0.2) is 99.3 Å². The number of carbonyl (C=O) groups is 2. The summed E-state index contributed by atoms with van der Waals surface area (Å²) < 4.78 is 32.8. The summed E-state index contributed by atoms with van der Waals surface area (Å²) in [5.74, 6) is -1.45. The van der Waals surface area contributed by atoms with E-state index < -0.39 is 76.7 Å². The maximum atomic E-state index is 12.8. The molecule has 0 spiro atoms. The highest BCUT2D eigenvalue weighted by Gasteiger charge is 2.39. The summed E-state index contributed by atoms with van der Waals surface area (Å²) in [5, 5.41) is 49.8. The SMILES string of the molecule is CCCCC/C=C\C/C=C\C/C=C\C/C=C\CCCCCC(=O)OC[C@H](COP(=O)(O)OC[C@@H](O)CO)OC(=O)CCCCCC[C@@H]1[C@@H](/C=C/[C@@H](O)CCCCC)[C@H](O)C[C@@H]1O. The van der Waals surface area contributed by atoms with E-state index in [0.717, 1.165) is 77.0 Å². The summed E-state index contributed by atoms with van der Waals surface area (Å²) in [6.45, 7) is 1.97. The Morgan fingerprint density at radius 3 is 1.85 bits per heavy atom. The Morgan fingerprint density at radius 2 is 1.23 bits per heavy atom. The van der Waals surface area contributed by atoms with E-state index in [9.17, 15) is 39.5 Å². The molecule has 0 amide bonds. The van der Waals surface area contributed by atoms with Crippen LogP contribution in [0.5, 0.6) is 0 Å². The van der Waals surface area contributed by atoms with E-state index in [1.54, 1.807) is 6.08 Å². The van der Waals surface area contributed by atoms with Gasteiger partial charge >= 0.3 is 19.8 Å². The van der Waals surface area contributed by atoms with E-state index in [2.05, 4.69) is 67.0 Å². The fourth-order valence-corrected chi connectivity index (χ4v) is 7.86. The number of phosphoric ester groups is 1. The van der Waals surface area contributed by atoms with Crippen LogP contribution in [0, 0.1) is 11.8 Å². The van der Waals surface area contributed by atoms with Crippen molar-refractivity contribution in [1.29, 1.82) is 0 Å². The van der Waals surface area contributed by atoms with Crippen molar-refractivity contribution >= 4 is 19.8 Å². The van der Waals surface area contributed by atoms with Crippen LogP contribution in [0.1, 0.15) is 162 Å². The topological polar surface area (TPSA) is 210 Å². The smallest absolute Gasteiger partial charge is 0.462 e. The number of hydrogen-bond donors (Lipinski definition) is 6. The molecular formula is C48H83O13P. The number of unbranched alkanes of at least 4 members (excludes halogenated alkanes) is 11.